The van der Waals surface area contributed by atoms with E-state index in [1.165, 1.54) is 39.2 Å². The number of sulfone groups is 2. The summed E-state index contributed by atoms with van der Waals surface area (Å²) in [6.45, 7) is 2.84. The fourth-order valence-corrected chi connectivity index (χ4v) is 7.54. The number of para-hydroxylation sites is 1. The molecule has 0 fully saturated rings. The number of phenolic OH excluding ortho intramolecular Hbond substituents is 2. The van der Waals surface area contributed by atoms with Crippen molar-refractivity contribution in [1.82, 2.24) is 0 Å². The highest BCUT2D eigenvalue weighted by Gasteiger charge is 2.23. The van der Waals surface area contributed by atoms with Crippen molar-refractivity contribution in [2.75, 3.05) is 23.9 Å². The van der Waals surface area contributed by atoms with Crippen molar-refractivity contribution in [2.24, 2.45) is 20.5 Å². The maximum Gasteiger partial charge on any atom is 0.296 e. The van der Waals surface area contributed by atoms with Crippen LogP contribution in [-0.4, -0.2) is 58.6 Å². The van der Waals surface area contributed by atoms with Crippen LogP contribution in [0, 0.1) is 0 Å². The smallest absolute Gasteiger partial charge is 0.296 e. The molecule has 0 aliphatic heterocycles. The summed E-state index contributed by atoms with van der Waals surface area (Å²) >= 11 is 0. The third-order valence-electron chi connectivity index (χ3n) is 7.62. The van der Waals surface area contributed by atoms with E-state index >= 15 is 0 Å². The Morgan fingerprint density at radius 2 is 1.29 bits per heavy atom. The number of hydrogen-bond acceptors (Lipinski definition) is 14. The van der Waals surface area contributed by atoms with Crippen molar-refractivity contribution in [3.63, 3.8) is 0 Å². The highest BCUT2D eigenvalue weighted by atomic mass is 32.2. The van der Waals surface area contributed by atoms with E-state index in [-0.39, 0.29) is 60.9 Å². The van der Waals surface area contributed by atoms with Crippen LogP contribution in [0.3, 0.4) is 0 Å². The molecule has 0 radical (unpaired) electrons. The normalized spacial score (nSPS) is 12.5. The summed E-state index contributed by atoms with van der Waals surface area (Å²) in [5, 5.41) is 41.9. The summed E-state index contributed by atoms with van der Waals surface area (Å²) in [5.41, 5.74) is 0.632. The summed E-state index contributed by atoms with van der Waals surface area (Å²) in [5.74, 6) is -1.44. The molecule has 0 bridgehead atoms. The van der Waals surface area contributed by atoms with Crippen molar-refractivity contribution in [3.05, 3.63) is 84.9 Å². The van der Waals surface area contributed by atoms with E-state index in [0.29, 0.717) is 16.8 Å². The van der Waals surface area contributed by atoms with Gasteiger partial charge in [0.25, 0.3) is 10.1 Å². The first kappa shape index (κ1) is 36.8. The Morgan fingerprint density at radius 1 is 0.667 bits per heavy atom. The quantitative estimate of drug-likeness (QED) is 0.0712. The van der Waals surface area contributed by atoms with E-state index in [0.717, 1.165) is 24.3 Å². The lowest BCUT2D eigenvalue weighted by Crippen LogP contribution is -2.06. The number of ether oxygens (including phenoxy) is 1. The fourth-order valence-electron chi connectivity index (χ4n) is 4.86. The fraction of sp³-hybridized carbons (Fsp3) is 0.152. The third-order valence-corrected chi connectivity index (χ3v) is 12.0. The predicted molar refractivity (Wildman–Crippen MR) is 190 cm³/mol. The van der Waals surface area contributed by atoms with Crippen molar-refractivity contribution in [1.29, 1.82) is 0 Å². The van der Waals surface area contributed by atoms with Crippen LogP contribution >= 0.6 is 0 Å². The Kier molecular flexibility index (Phi) is 10.4. The van der Waals surface area contributed by atoms with E-state index in [1.54, 1.807) is 36.4 Å². The zero-order valence-electron chi connectivity index (χ0n) is 27.2. The topological polar surface area (TPSA) is 234 Å². The van der Waals surface area contributed by atoms with Crippen LogP contribution in [0.5, 0.6) is 17.2 Å². The number of nitrogens with zero attached hydrogens (tertiary/aromatic N) is 4. The molecular weight excluding hydrogens is 723 g/mol. The Morgan fingerprint density at radius 3 is 1.94 bits per heavy atom. The first-order chi connectivity index (χ1) is 24.1. The van der Waals surface area contributed by atoms with Gasteiger partial charge >= 0.3 is 0 Å². The lowest BCUT2D eigenvalue weighted by Gasteiger charge is -2.13. The van der Waals surface area contributed by atoms with E-state index < -0.39 is 40.4 Å². The van der Waals surface area contributed by atoms with Gasteiger partial charge in [0.1, 0.15) is 44.0 Å². The van der Waals surface area contributed by atoms with Crippen LogP contribution in [0.4, 0.5) is 34.1 Å². The van der Waals surface area contributed by atoms with Crippen molar-refractivity contribution >= 4 is 74.7 Å². The summed E-state index contributed by atoms with van der Waals surface area (Å²) in [6, 6.07) is 20.3. The van der Waals surface area contributed by atoms with Crippen LogP contribution in [0.1, 0.15) is 13.8 Å². The van der Waals surface area contributed by atoms with Gasteiger partial charge in [-0.2, -0.15) is 8.42 Å². The first-order valence-electron chi connectivity index (χ1n) is 15.0. The van der Waals surface area contributed by atoms with Gasteiger partial charge in [0.05, 0.1) is 29.2 Å². The van der Waals surface area contributed by atoms with Crippen molar-refractivity contribution < 1.29 is 44.8 Å². The molecule has 0 aromatic heterocycles. The number of anilines is 2. The maximum absolute atomic E-state index is 12.4. The average molecular weight is 754 g/mol. The Labute approximate surface area is 293 Å². The molecule has 15 nitrogen and oxygen atoms in total. The number of aromatic hydroxyl groups is 2. The van der Waals surface area contributed by atoms with Crippen LogP contribution in [0.25, 0.3) is 10.8 Å². The van der Waals surface area contributed by atoms with Gasteiger partial charge in [0.2, 0.25) is 0 Å². The van der Waals surface area contributed by atoms with Crippen LogP contribution in [0.15, 0.2) is 120 Å². The number of phenols is 2. The second-order valence-electron chi connectivity index (χ2n) is 10.8. The largest absolute Gasteiger partial charge is 0.506 e. The summed E-state index contributed by atoms with van der Waals surface area (Å²) in [4.78, 5) is -1.32. The van der Waals surface area contributed by atoms with E-state index in [1.807, 2.05) is 6.07 Å². The van der Waals surface area contributed by atoms with Gasteiger partial charge in [-0.1, -0.05) is 32.0 Å². The molecule has 0 aliphatic carbocycles. The molecule has 5 aromatic carbocycles. The molecule has 0 atom stereocenters. The van der Waals surface area contributed by atoms with Gasteiger partial charge in [-0.3, -0.25) is 4.55 Å². The molecule has 0 aliphatic rings. The van der Waals surface area contributed by atoms with Crippen LogP contribution in [0.2, 0.25) is 0 Å². The summed E-state index contributed by atoms with van der Waals surface area (Å²) in [6.07, 6.45) is 0. The molecule has 5 aromatic rings. The first-order valence-corrected chi connectivity index (χ1v) is 19.8. The lowest BCUT2D eigenvalue weighted by molar-refractivity contribution is 0.399. The van der Waals surface area contributed by atoms with Gasteiger partial charge in [-0.15, -0.1) is 20.5 Å². The SMILES string of the molecule is CCS(=O)(=O)c1ccc(/N=N/c2c(Nc3ccccc3)ccc3c(O)c(/N=N/c4cc(OC)c(S(=O)(=O)CC)cc4O)ccc23)c(S(=O)(=O)O)c1. The molecule has 0 saturated carbocycles. The van der Waals surface area contributed by atoms with Gasteiger partial charge in [0, 0.05) is 28.6 Å². The van der Waals surface area contributed by atoms with Gasteiger partial charge in [-0.05, 0) is 54.6 Å². The predicted octanol–water partition coefficient (Wildman–Crippen LogP) is 7.67. The molecule has 0 saturated heterocycles. The number of fused-ring (bicyclic) bond motifs is 1. The molecule has 0 unspecified atom stereocenters. The van der Waals surface area contributed by atoms with E-state index in [2.05, 4.69) is 25.8 Å². The summed E-state index contributed by atoms with van der Waals surface area (Å²) < 4.78 is 89.4. The van der Waals surface area contributed by atoms with E-state index in [9.17, 15) is 40.0 Å². The van der Waals surface area contributed by atoms with Gasteiger partial charge in [-0.25, -0.2) is 16.8 Å². The average Bonchev–Trinajstić information content (AvgIpc) is 3.11. The number of nitrogens with one attached hydrogen (secondary N) is 1. The van der Waals surface area contributed by atoms with E-state index in [4.69, 9.17) is 4.74 Å². The standard InChI is InChI=1S/C33H31N5O10S3/c1-4-49(41,42)21-11-14-24(30(17-21)51(45,46)47)35-38-32-22-12-16-26(33(40)23(22)13-15-25(32)34-20-9-7-6-8-10-20)36-37-27-18-29(48-3)31(19-28(27)39)50(43,44)5-2/h6-19,34,39-40H,4-5H2,1-3H3,(H,45,46,47)/b37-36+,38-35+. The molecular formula is C33H31N5O10S3. The van der Waals surface area contributed by atoms with Crippen LogP contribution in [-0.2, 0) is 29.8 Å². The number of methoxy groups -OCH3 is 1. The van der Waals surface area contributed by atoms with Crippen molar-refractivity contribution in [2.45, 2.75) is 28.5 Å². The van der Waals surface area contributed by atoms with Crippen molar-refractivity contribution in [3.8, 4) is 17.2 Å². The molecule has 0 heterocycles. The molecule has 4 N–H and O–H groups in total. The highest BCUT2D eigenvalue weighted by molar-refractivity contribution is 7.91. The van der Waals surface area contributed by atoms with Crippen LogP contribution < -0.4 is 10.1 Å². The molecule has 0 amide bonds. The Hall–Kier alpha value is -5.43. The van der Waals surface area contributed by atoms with Gasteiger partial charge in [0.15, 0.2) is 25.4 Å². The second-order valence-corrected chi connectivity index (χ2v) is 16.7. The zero-order valence-corrected chi connectivity index (χ0v) is 29.7. The second kappa shape index (κ2) is 14.4. The molecule has 51 heavy (non-hydrogen) atoms. The monoisotopic (exact) mass is 753 g/mol. The molecule has 18 heteroatoms. The number of rotatable bonds is 12. The molecule has 0 spiro atoms. The third kappa shape index (κ3) is 7.83. The highest BCUT2D eigenvalue weighted by Crippen LogP contribution is 2.45. The minimum atomic E-state index is -4.94. The molecule has 5 rings (SSSR count). The number of hydrogen-bond donors (Lipinski definition) is 4. The maximum atomic E-state index is 12.4. The Bertz CT molecular complexity index is 2540. The number of azo groups is 2. The van der Waals surface area contributed by atoms with Gasteiger partial charge < -0.3 is 20.3 Å². The lowest BCUT2D eigenvalue weighted by atomic mass is 10.0. The minimum absolute atomic E-state index is 0.0424. The molecule has 266 valence electrons. The minimum Gasteiger partial charge on any atom is -0.506 e. The zero-order chi connectivity index (χ0) is 37.1. The number of benzene rings is 5. The summed E-state index contributed by atoms with van der Waals surface area (Å²) in [7, 11) is -11.2. The Balaban J connectivity index is 1.63.